The molecule has 0 fully saturated rings. The molecule has 4 nitrogen and oxygen atoms in total. The van der Waals surface area contributed by atoms with Crippen LogP contribution in [0.25, 0.3) is 0 Å². The second-order valence-electron chi connectivity index (χ2n) is 4.84. The Bertz CT molecular complexity index is 552. The topological polar surface area (TPSA) is 34.8 Å². The summed E-state index contributed by atoms with van der Waals surface area (Å²) in [6.07, 6.45) is 5.43. The quantitative estimate of drug-likeness (QED) is 0.917. The molecule has 5 heteroatoms. The van der Waals surface area contributed by atoms with Crippen molar-refractivity contribution in [3.63, 3.8) is 0 Å². The molecule has 0 bridgehead atoms. The standard InChI is InChI=1S/C14H21BrN4/c1-5-12(16-3)11-6-7-19(8-11)9-13-14(15)10(2)17-18(13)4/h6-8,12,16H,5,9H2,1-4H3. The molecule has 2 rings (SSSR count). The fourth-order valence-corrected chi connectivity index (χ4v) is 2.86. The fourth-order valence-electron chi connectivity index (χ4n) is 2.40. The van der Waals surface area contributed by atoms with Gasteiger partial charge in [-0.3, -0.25) is 4.68 Å². The van der Waals surface area contributed by atoms with Crippen LogP contribution in [-0.2, 0) is 13.6 Å². The minimum Gasteiger partial charge on any atom is -0.348 e. The van der Waals surface area contributed by atoms with Crippen molar-refractivity contribution < 1.29 is 0 Å². The number of hydrogen-bond donors (Lipinski definition) is 1. The molecule has 0 saturated carbocycles. The maximum atomic E-state index is 4.43. The highest BCUT2D eigenvalue weighted by atomic mass is 79.9. The average molecular weight is 325 g/mol. The molecule has 104 valence electrons. The van der Waals surface area contributed by atoms with Gasteiger partial charge in [-0.2, -0.15) is 5.10 Å². The molecule has 0 aliphatic rings. The molecule has 0 aromatic carbocycles. The van der Waals surface area contributed by atoms with Crippen LogP contribution in [0.3, 0.4) is 0 Å². The molecule has 1 unspecified atom stereocenters. The Balaban J connectivity index is 2.20. The van der Waals surface area contributed by atoms with E-state index in [2.05, 4.69) is 56.3 Å². The van der Waals surface area contributed by atoms with Crippen LogP contribution in [0, 0.1) is 6.92 Å². The molecule has 0 amide bonds. The van der Waals surface area contributed by atoms with Gasteiger partial charge in [-0.15, -0.1) is 0 Å². The Kier molecular flexibility index (Phi) is 4.47. The monoisotopic (exact) mass is 324 g/mol. The lowest BCUT2D eigenvalue weighted by atomic mass is 10.1. The molecule has 2 aromatic heterocycles. The molecule has 1 N–H and O–H groups in total. The van der Waals surface area contributed by atoms with Crippen LogP contribution in [0.15, 0.2) is 22.9 Å². The summed E-state index contributed by atoms with van der Waals surface area (Å²) < 4.78 is 5.25. The largest absolute Gasteiger partial charge is 0.348 e. The van der Waals surface area contributed by atoms with E-state index >= 15 is 0 Å². The van der Waals surface area contributed by atoms with Crippen molar-refractivity contribution in [2.24, 2.45) is 7.05 Å². The summed E-state index contributed by atoms with van der Waals surface area (Å²) in [5.41, 5.74) is 3.56. The van der Waals surface area contributed by atoms with Crippen molar-refractivity contribution in [3.8, 4) is 0 Å². The Labute approximate surface area is 122 Å². The summed E-state index contributed by atoms with van der Waals surface area (Å²) >= 11 is 3.61. The van der Waals surface area contributed by atoms with Gasteiger partial charge in [0.05, 0.1) is 22.4 Å². The van der Waals surface area contributed by atoms with E-state index in [1.807, 2.05) is 25.7 Å². The fraction of sp³-hybridized carbons (Fsp3) is 0.500. The number of nitrogens with zero attached hydrogens (tertiary/aromatic N) is 3. The first kappa shape index (κ1) is 14.3. The van der Waals surface area contributed by atoms with Gasteiger partial charge in [-0.25, -0.2) is 0 Å². The molecule has 19 heavy (non-hydrogen) atoms. The third-order valence-corrected chi connectivity index (χ3v) is 4.56. The molecular weight excluding hydrogens is 304 g/mol. The van der Waals surface area contributed by atoms with Crippen LogP contribution < -0.4 is 5.32 Å². The van der Waals surface area contributed by atoms with Crippen molar-refractivity contribution in [2.75, 3.05) is 7.05 Å². The lowest BCUT2D eigenvalue weighted by Gasteiger charge is -2.11. The van der Waals surface area contributed by atoms with Crippen molar-refractivity contribution in [2.45, 2.75) is 32.9 Å². The molecule has 0 aliphatic heterocycles. The van der Waals surface area contributed by atoms with Gasteiger partial charge in [0, 0.05) is 25.5 Å². The first-order chi connectivity index (χ1) is 9.06. The number of hydrogen-bond acceptors (Lipinski definition) is 2. The Morgan fingerprint density at radius 1 is 1.47 bits per heavy atom. The van der Waals surface area contributed by atoms with E-state index in [1.165, 1.54) is 11.3 Å². The smallest absolute Gasteiger partial charge is 0.0739 e. The molecule has 2 heterocycles. The maximum absolute atomic E-state index is 4.43. The van der Waals surface area contributed by atoms with E-state index in [4.69, 9.17) is 0 Å². The van der Waals surface area contributed by atoms with E-state index in [-0.39, 0.29) is 0 Å². The minimum atomic E-state index is 0.429. The number of rotatable bonds is 5. The normalized spacial score (nSPS) is 12.9. The minimum absolute atomic E-state index is 0.429. The van der Waals surface area contributed by atoms with Crippen molar-refractivity contribution in [3.05, 3.63) is 39.9 Å². The lowest BCUT2D eigenvalue weighted by molar-refractivity contribution is 0.574. The highest BCUT2D eigenvalue weighted by Gasteiger charge is 2.12. The number of nitrogens with one attached hydrogen (secondary N) is 1. The van der Waals surface area contributed by atoms with Crippen LogP contribution >= 0.6 is 15.9 Å². The van der Waals surface area contributed by atoms with E-state index in [1.54, 1.807) is 0 Å². The Morgan fingerprint density at radius 2 is 2.21 bits per heavy atom. The van der Waals surface area contributed by atoms with Gasteiger partial charge in [0.2, 0.25) is 0 Å². The molecule has 0 radical (unpaired) electrons. The van der Waals surface area contributed by atoms with Gasteiger partial charge < -0.3 is 9.88 Å². The average Bonchev–Trinajstić information content (AvgIpc) is 2.93. The summed E-state index contributed by atoms with van der Waals surface area (Å²) in [7, 11) is 3.99. The van der Waals surface area contributed by atoms with E-state index in [9.17, 15) is 0 Å². The Morgan fingerprint density at radius 3 is 2.74 bits per heavy atom. The van der Waals surface area contributed by atoms with E-state index < -0.39 is 0 Å². The highest BCUT2D eigenvalue weighted by Crippen LogP contribution is 2.22. The van der Waals surface area contributed by atoms with Crippen LogP contribution in [0.1, 0.15) is 36.3 Å². The zero-order valence-electron chi connectivity index (χ0n) is 11.9. The number of aromatic nitrogens is 3. The molecular formula is C14H21BrN4. The molecule has 2 aromatic rings. The van der Waals surface area contributed by atoms with E-state index in [0.717, 1.165) is 23.1 Å². The third kappa shape index (κ3) is 2.92. The zero-order chi connectivity index (χ0) is 14.0. The van der Waals surface area contributed by atoms with Gasteiger partial charge in [0.25, 0.3) is 0 Å². The van der Waals surface area contributed by atoms with Crippen LogP contribution in [0.4, 0.5) is 0 Å². The summed E-state index contributed by atoms with van der Waals surface area (Å²) in [5, 5.41) is 7.76. The van der Waals surface area contributed by atoms with Crippen LogP contribution in [0.5, 0.6) is 0 Å². The SMILES string of the molecule is CCC(NC)c1ccn(Cc2c(Br)c(C)nn2C)c1. The lowest BCUT2D eigenvalue weighted by Crippen LogP contribution is -2.14. The second-order valence-corrected chi connectivity index (χ2v) is 5.63. The predicted molar refractivity (Wildman–Crippen MR) is 81.3 cm³/mol. The zero-order valence-corrected chi connectivity index (χ0v) is 13.5. The van der Waals surface area contributed by atoms with Crippen molar-refractivity contribution in [1.29, 1.82) is 0 Å². The maximum Gasteiger partial charge on any atom is 0.0739 e. The molecule has 1 atom stereocenters. The van der Waals surface area contributed by atoms with Crippen molar-refractivity contribution >= 4 is 15.9 Å². The second kappa shape index (κ2) is 5.92. The van der Waals surface area contributed by atoms with Gasteiger partial charge in [-0.1, -0.05) is 6.92 Å². The summed E-state index contributed by atoms with van der Waals surface area (Å²) in [4.78, 5) is 0. The Hall–Kier alpha value is -1.07. The van der Waals surface area contributed by atoms with Crippen LogP contribution in [0.2, 0.25) is 0 Å². The van der Waals surface area contributed by atoms with Gasteiger partial charge >= 0.3 is 0 Å². The highest BCUT2D eigenvalue weighted by molar-refractivity contribution is 9.10. The molecule has 0 saturated heterocycles. The molecule has 0 aliphatic carbocycles. The predicted octanol–water partition coefficient (Wildman–Crippen LogP) is 3.01. The van der Waals surface area contributed by atoms with Gasteiger partial charge in [0.15, 0.2) is 0 Å². The van der Waals surface area contributed by atoms with Crippen molar-refractivity contribution in [1.82, 2.24) is 19.7 Å². The van der Waals surface area contributed by atoms with Crippen LogP contribution in [-0.4, -0.2) is 21.4 Å². The van der Waals surface area contributed by atoms with Gasteiger partial charge in [0.1, 0.15) is 0 Å². The first-order valence-corrected chi connectivity index (χ1v) is 7.37. The van der Waals surface area contributed by atoms with E-state index in [0.29, 0.717) is 6.04 Å². The summed E-state index contributed by atoms with van der Waals surface area (Å²) in [5.74, 6) is 0. The number of halogens is 1. The third-order valence-electron chi connectivity index (χ3n) is 3.53. The first-order valence-electron chi connectivity index (χ1n) is 6.57. The molecule has 0 spiro atoms. The summed E-state index contributed by atoms with van der Waals surface area (Å²) in [6, 6.07) is 2.61. The number of aryl methyl sites for hydroxylation is 2. The summed E-state index contributed by atoms with van der Waals surface area (Å²) in [6.45, 7) is 5.04. The van der Waals surface area contributed by atoms with Gasteiger partial charge in [-0.05, 0) is 48.0 Å².